The van der Waals surface area contributed by atoms with E-state index in [2.05, 4.69) is 11.6 Å². The van der Waals surface area contributed by atoms with Crippen molar-refractivity contribution in [3.63, 3.8) is 0 Å². The normalized spacial score (nSPS) is 27.4. The van der Waals surface area contributed by atoms with Crippen molar-refractivity contribution in [1.82, 2.24) is 4.72 Å². The van der Waals surface area contributed by atoms with Gasteiger partial charge in [0.2, 0.25) is 10.0 Å². The first kappa shape index (κ1) is 15.5. The molecule has 2 atom stereocenters. The van der Waals surface area contributed by atoms with E-state index in [1.807, 2.05) is 13.0 Å². The Kier molecular flexibility index (Phi) is 4.52. The summed E-state index contributed by atoms with van der Waals surface area (Å²) < 4.78 is 28.0. The number of nitrogens with two attached hydrogens (primary N) is 1. The van der Waals surface area contributed by atoms with Gasteiger partial charge in [0.05, 0.1) is 4.90 Å². The van der Waals surface area contributed by atoms with E-state index in [9.17, 15) is 8.42 Å². The molecule has 1 saturated carbocycles. The van der Waals surface area contributed by atoms with Crippen LogP contribution in [0.3, 0.4) is 0 Å². The highest BCUT2D eigenvalue weighted by molar-refractivity contribution is 7.89. The van der Waals surface area contributed by atoms with Gasteiger partial charge in [-0.25, -0.2) is 13.1 Å². The first-order valence-electron chi connectivity index (χ1n) is 7.18. The van der Waals surface area contributed by atoms with Crippen molar-refractivity contribution < 1.29 is 8.42 Å². The molecular formula is C15H24N2O2S. The highest BCUT2D eigenvalue weighted by atomic mass is 32.2. The van der Waals surface area contributed by atoms with Crippen LogP contribution in [-0.2, 0) is 10.0 Å². The van der Waals surface area contributed by atoms with Crippen molar-refractivity contribution in [3.05, 3.63) is 29.8 Å². The second-order valence-corrected chi connectivity index (χ2v) is 7.79. The van der Waals surface area contributed by atoms with Gasteiger partial charge in [-0.05, 0) is 43.4 Å². The summed E-state index contributed by atoms with van der Waals surface area (Å²) >= 11 is 0. The van der Waals surface area contributed by atoms with E-state index >= 15 is 0 Å². The summed E-state index contributed by atoms with van der Waals surface area (Å²) in [6.45, 7) is 4.40. The van der Waals surface area contributed by atoms with Gasteiger partial charge in [0, 0.05) is 12.1 Å². The predicted octanol–water partition coefficient (Wildman–Crippen LogP) is 2.18. The van der Waals surface area contributed by atoms with E-state index in [-0.39, 0.29) is 0 Å². The Labute approximate surface area is 121 Å². The van der Waals surface area contributed by atoms with Gasteiger partial charge in [-0.15, -0.1) is 0 Å². The van der Waals surface area contributed by atoms with Crippen molar-refractivity contribution in [3.8, 4) is 0 Å². The van der Waals surface area contributed by atoms with Crippen LogP contribution in [0, 0.1) is 12.8 Å². The fraction of sp³-hybridized carbons (Fsp3) is 0.600. The van der Waals surface area contributed by atoms with Gasteiger partial charge in [0.25, 0.3) is 0 Å². The van der Waals surface area contributed by atoms with E-state index in [0.717, 1.165) is 31.2 Å². The summed E-state index contributed by atoms with van der Waals surface area (Å²) in [5.41, 5.74) is 6.34. The van der Waals surface area contributed by atoms with Crippen LogP contribution in [0.2, 0.25) is 0 Å². The SMILES string of the molecule is Cc1cccc(S(=O)(=O)NC2(CN)CCCC(C)C2)c1. The predicted molar refractivity (Wildman–Crippen MR) is 80.9 cm³/mol. The molecule has 2 unspecified atom stereocenters. The summed E-state index contributed by atoms with van der Waals surface area (Å²) in [7, 11) is -3.51. The zero-order valence-electron chi connectivity index (χ0n) is 12.2. The molecule has 0 saturated heterocycles. The third-order valence-corrected chi connectivity index (χ3v) is 5.71. The minimum absolute atomic E-state index is 0.323. The molecular weight excluding hydrogens is 272 g/mol. The highest BCUT2D eigenvalue weighted by Gasteiger charge is 2.37. The second kappa shape index (κ2) is 5.84. The highest BCUT2D eigenvalue weighted by Crippen LogP contribution is 2.32. The Morgan fingerprint density at radius 2 is 2.20 bits per heavy atom. The first-order chi connectivity index (χ1) is 9.37. The van der Waals surface area contributed by atoms with Gasteiger partial charge in [-0.2, -0.15) is 0 Å². The molecule has 1 aliphatic carbocycles. The lowest BCUT2D eigenvalue weighted by Crippen LogP contribution is -2.55. The van der Waals surface area contributed by atoms with Crippen molar-refractivity contribution >= 4 is 10.0 Å². The molecule has 1 aromatic rings. The molecule has 1 fully saturated rings. The molecule has 0 amide bonds. The Morgan fingerprint density at radius 3 is 2.80 bits per heavy atom. The second-order valence-electron chi connectivity index (χ2n) is 6.11. The van der Waals surface area contributed by atoms with E-state index in [1.165, 1.54) is 0 Å². The molecule has 5 heteroatoms. The van der Waals surface area contributed by atoms with Crippen LogP contribution in [0.25, 0.3) is 0 Å². The summed E-state index contributed by atoms with van der Waals surface area (Å²) in [5, 5.41) is 0. The average molecular weight is 296 g/mol. The van der Waals surface area contributed by atoms with Crippen LogP contribution >= 0.6 is 0 Å². The van der Waals surface area contributed by atoms with Crippen LogP contribution in [-0.4, -0.2) is 20.5 Å². The number of hydrogen-bond donors (Lipinski definition) is 2. The van der Waals surface area contributed by atoms with Crippen LogP contribution in [0.15, 0.2) is 29.2 Å². The molecule has 0 aliphatic heterocycles. The third kappa shape index (κ3) is 3.40. The van der Waals surface area contributed by atoms with Crippen molar-refractivity contribution in [1.29, 1.82) is 0 Å². The van der Waals surface area contributed by atoms with Gasteiger partial charge >= 0.3 is 0 Å². The molecule has 0 heterocycles. The maximum Gasteiger partial charge on any atom is 0.241 e. The lowest BCUT2D eigenvalue weighted by atomic mass is 9.77. The summed E-state index contributed by atoms with van der Waals surface area (Å²) in [6.07, 6.45) is 3.80. The van der Waals surface area contributed by atoms with Gasteiger partial charge in [-0.1, -0.05) is 31.9 Å². The molecule has 1 aromatic carbocycles. The molecule has 1 aliphatic rings. The zero-order valence-corrected chi connectivity index (χ0v) is 13.0. The Bertz CT molecular complexity index is 571. The fourth-order valence-corrected chi connectivity index (χ4v) is 4.66. The Hall–Kier alpha value is -0.910. The first-order valence-corrected chi connectivity index (χ1v) is 8.66. The standard InChI is InChI=1S/C15H24N2O2S/c1-12-5-3-7-14(9-12)20(18,19)17-15(11-16)8-4-6-13(2)10-15/h3,5,7,9,13,17H,4,6,8,10-11,16H2,1-2H3. The minimum atomic E-state index is -3.51. The van der Waals surface area contributed by atoms with E-state index in [0.29, 0.717) is 17.4 Å². The number of benzene rings is 1. The number of aryl methyl sites for hydroxylation is 1. The monoisotopic (exact) mass is 296 g/mol. The molecule has 0 spiro atoms. The van der Waals surface area contributed by atoms with E-state index in [4.69, 9.17) is 5.73 Å². The van der Waals surface area contributed by atoms with E-state index in [1.54, 1.807) is 18.2 Å². The van der Waals surface area contributed by atoms with Crippen LogP contribution in [0.1, 0.15) is 38.2 Å². The van der Waals surface area contributed by atoms with Crippen molar-refractivity contribution in [2.75, 3.05) is 6.54 Å². The van der Waals surface area contributed by atoms with Crippen molar-refractivity contribution in [2.24, 2.45) is 11.7 Å². The minimum Gasteiger partial charge on any atom is -0.329 e. The lowest BCUT2D eigenvalue weighted by molar-refractivity contribution is 0.223. The number of sulfonamides is 1. The lowest BCUT2D eigenvalue weighted by Gasteiger charge is -2.39. The number of hydrogen-bond acceptors (Lipinski definition) is 3. The quantitative estimate of drug-likeness (QED) is 0.894. The largest absolute Gasteiger partial charge is 0.329 e. The number of rotatable bonds is 4. The van der Waals surface area contributed by atoms with Gasteiger partial charge in [0.15, 0.2) is 0 Å². The molecule has 0 bridgehead atoms. The van der Waals surface area contributed by atoms with Crippen LogP contribution in [0.4, 0.5) is 0 Å². The number of nitrogens with one attached hydrogen (secondary N) is 1. The van der Waals surface area contributed by atoms with Crippen LogP contribution in [0.5, 0.6) is 0 Å². The summed E-state index contributed by atoms with van der Waals surface area (Å²) in [4.78, 5) is 0.323. The van der Waals surface area contributed by atoms with E-state index < -0.39 is 15.6 Å². The maximum atomic E-state index is 12.6. The molecule has 3 N–H and O–H groups in total. The molecule has 0 aromatic heterocycles. The van der Waals surface area contributed by atoms with Crippen LogP contribution < -0.4 is 10.5 Å². The van der Waals surface area contributed by atoms with Crippen molar-refractivity contribution in [2.45, 2.75) is 50.0 Å². The molecule has 0 radical (unpaired) electrons. The molecule has 2 rings (SSSR count). The molecule has 112 valence electrons. The Morgan fingerprint density at radius 1 is 1.45 bits per heavy atom. The van der Waals surface area contributed by atoms with Gasteiger partial charge < -0.3 is 5.73 Å². The summed E-state index contributed by atoms with van der Waals surface area (Å²) in [5.74, 6) is 0.507. The maximum absolute atomic E-state index is 12.6. The van der Waals surface area contributed by atoms with Gasteiger partial charge in [0.1, 0.15) is 0 Å². The molecule has 4 nitrogen and oxygen atoms in total. The Balaban J connectivity index is 2.26. The average Bonchev–Trinajstić information content (AvgIpc) is 2.38. The summed E-state index contributed by atoms with van der Waals surface area (Å²) in [6, 6.07) is 6.98. The van der Waals surface area contributed by atoms with Gasteiger partial charge in [-0.3, -0.25) is 0 Å². The zero-order chi connectivity index (χ0) is 14.8. The molecule has 20 heavy (non-hydrogen) atoms. The fourth-order valence-electron chi connectivity index (χ4n) is 3.11. The smallest absolute Gasteiger partial charge is 0.241 e. The third-order valence-electron chi connectivity index (χ3n) is 4.13. The topological polar surface area (TPSA) is 72.2 Å².